The zero-order valence-corrected chi connectivity index (χ0v) is 13.9. The van der Waals surface area contributed by atoms with Crippen LogP contribution in [0.15, 0.2) is 69.9 Å². The van der Waals surface area contributed by atoms with Crippen molar-refractivity contribution in [3.63, 3.8) is 0 Å². The van der Waals surface area contributed by atoms with Gasteiger partial charge in [0.1, 0.15) is 17.4 Å². The van der Waals surface area contributed by atoms with Gasteiger partial charge in [0.25, 0.3) is 0 Å². The molecular formula is C20H19NO4. The first-order chi connectivity index (χ1) is 12.3. The second-order valence-electron chi connectivity index (χ2n) is 5.91. The number of fused-ring (bicyclic) bond motifs is 1. The lowest BCUT2D eigenvalue weighted by molar-refractivity contribution is -0.115. The van der Waals surface area contributed by atoms with Crippen molar-refractivity contribution in [3.8, 4) is 0 Å². The summed E-state index contributed by atoms with van der Waals surface area (Å²) in [5.41, 5.74) is 1.42. The summed E-state index contributed by atoms with van der Waals surface area (Å²) < 4.78 is 11.7. The Labute approximate surface area is 145 Å². The van der Waals surface area contributed by atoms with Crippen molar-refractivity contribution < 1.29 is 14.0 Å². The third kappa shape index (κ3) is 3.04. The molecule has 5 nitrogen and oxygen atoms in total. The Bertz CT molecular complexity index is 922. The largest absolute Gasteiger partial charge is 0.458 e. The number of rotatable bonds is 4. The van der Waals surface area contributed by atoms with E-state index in [1.807, 2.05) is 55.5 Å². The van der Waals surface area contributed by atoms with Gasteiger partial charge in [-0.3, -0.25) is 4.79 Å². The van der Waals surface area contributed by atoms with Gasteiger partial charge >= 0.3 is 0 Å². The van der Waals surface area contributed by atoms with E-state index >= 15 is 0 Å². The molecule has 1 fully saturated rings. The predicted molar refractivity (Wildman–Crippen MR) is 95.3 cm³/mol. The zero-order valence-electron chi connectivity index (χ0n) is 13.9. The predicted octanol–water partition coefficient (Wildman–Crippen LogP) is 4.04. The number of ether oxygens (including phenoxy) is 1. The number of hydrogen-bond donors (Lipinski definition) is 0. The van der Waals surface area contributed by atoms with Gasteiger partial charge < -0.3 is 9.15 Å². The number of para-hydroxylation sites is 2. The Hall–Kier alpha value is -2.63. The summed E-state index contributed by atoms with van der Waals surface area (Å²) in [6.45, 7) is 2.49. The molecule has 0 spiro atoms. The fourth-order valence-corrected chi connectivity index (χ4v) is 3.14. The third-order valence-corrected chi connectivity index (χ3v) is 4.28. The average molecular weight is 337 g/mol. The Balaban J connectivity index is 1.77. The molecule has 4 rings (SSSR count). The topological polar surface area (TPSA) is 51.9 Å². The summed E-state index contributed by atoms with van der Waals surface area (Å²) in [6, 6.07) is 18.4. The monoisotopic (exact) mass is 337 g/mol. The summed E-state index contributed by atoms with van der Waals surface area (Å²) in [5, 5.41) is 2.35. The third-order valence-electron chi connectivity index (χ3n) is 4.28. The van der Waals surface area contributed by atoms with Crippen molar-refractivity contribution in [1.29, 1.82) is 0 Å². The molecule has 0 saturated carbocycles. The van der Waals surface area contributed by atoms with E-state index < -0.39 is 0 Å². The van der Waals surface area contributed by atoms with Crippen LogP contribution in [0.4, 0.5) is 5.69 Å². The molecule has 128 valence electrons. The molecule has 5 heteroatoms. The Kier molecular flexibility index (Phi) is 4.26. The lowest BCUT2D eigenvalue weighted by Gasteiger charge is -2.23. The van der Waals surface area contributed by atoms with Crippen LogP contribution in [0.1, 0.15) is 25.1 Å². The van der Waals surface area contributed by atoms with Crippen LogP contribution in [-0.2, 0) is 9.57 Å². The highest BCUT2D eigenvalue weighted by Gasteiger charge is 2.37. The van der Waals surface area contributed by atoms with Crippen LogP contribution in [-0.4, -0.2) is 12.9 Å². The van der Waals surface area contributed by atoms with E-state index in [1.54, 1.807) is 17.2 Å². The van der Waals surface area contributed by atoms with Gasteiger partial charge in [0.2, 0.25) is 0 Å². The van der Waals surface area contributed by atoms with Crippen molar-refractivity contribution in [2.75, 3.05) is 11.7 Å². The Morgan fingerprint density at radius 2 is 1.88 bits per heavy atom. The molecule has 25 heavy (non-hydrogen) atoms. The van der Waals surface area contributed by atoms with E-state index in [1.165, 1.54) is 0 Å². The molecule has 1 aliphatic rings. The molecule has 1 saturated heterocycles. The van der Waals surface area contributed by atoms with Crippen LogP contribution in [0, 0.1) is 0 Å². The summed E-state index contributed by atoms with van der Waals surface area (Å²) >= 11 is 0. The molecule has 0 N–H and O–H groups in total. The normalized spacial score (nSPS) is 20.3. The highest BCUT2D eigenvalue weighted by molar-refractivity contribution is 5.76. The zero-order chi connectivity index (χ0) is 17.2. The molecule has 0 radical (unpaired) electrons. The SMILES string of the molecule is CCO[C@H]1C[C@@H](c2cc(=O)c3ccccc3o2)N(c2ccccc2)O1. The second-order valence-corrected chi connectivity index (χ2v) is 5.91. The number of anilines is 1. The molecule has 0 amide bonds. The van der Waals surface area contributed by atoms with Gasteiger partial charge in [0.15, 0.2) is 11.7 Å². The Morgan fingerprint density at radius 3 is 2.68 bits per heavy atom. The molecule has 2 atom stereocenters. The van der Waals surface area contributed by atoms with Gasteiger partial charge in [-0.15, -0.1) is 0 Å². The van der Waals surface area contributed by atoms with Crippen LogP contribution in [0.25, 0.3) is 11.0 Å². The Morgan fingerprint density at radius 1 is 1.12 bits per heavy atom. The second kappa shape index (κ2) is 6.70. The molecule has 1 aliphatic heterocycles. The average Bonchev–Trinajstić information content (AvgIpc) is 3.07. The molecule has 3 aromatic rings. The van der Waals surface area contributed by atoms with E-state index in [4.69, 9.17) is 14.0 Å². The maximum absolute atomic E-state index is 12.5. The van der Waals surface area contributed by atoms with Crippen molar-refractivity contribution in [3.05, 3.63) is 76.6 Å². The molecule has 2 aromatic carbocycles. The summed E-state index contributed by atoms with van der Waals surface area (Å²) in [5.74, 6) is 0.578. The maximum atomic E-state index is 12.5. The van der Waals surface area contributed by atoms with E-state index in [9.17, 15) is 4.79 Å². The highest BCUT2D eigenvalue weighted by Crippen LogP contribution is 2.38. The van der Waals surface area contributed by atoms with Crippen molar-refractivity contribution >= 4 is 16.7 Å². The van der Waals surface area contributed by atoms with Gasteiger partial charge in [-0.1, -0.05) is 30.3 Å². The number of hydroxylamine groups is 1. The summed E-state index contributed by atoms with van der Waals surface area (Å²) in [6.07, 6.45) is 0.219. The lowest BCUT2D eigenvalue weighted by Crippen LogP contribution is -2.23. The smallest absolute Gasteiger partial charge is 0.193 e. The van der Waals surface area contributed by atoms with Crippen LogP contribution in [0.3, 0.4) is 0 Å². The molecule has 0 bridgehead atoms. The van der Waals surface area contributed by atoms with Gasteiger partial charge in [0.05, 0.1) is 11.1 Å². The number of benzene rings is 2. The first-order valence-corrected chi connectivity index (χ1v) is 8.41. The minimum absolute atomic E-state index is 0.0512. The molecule has 1 aromatic heterocycles. The molecule has 0 unspecified atom stereocenters. The van der Waals surface area contributed by atoms with E-state index in [-0.39, 0.29) is 17.8 Å². The van der Waals surface area contributed by atoms with Crippen LogP contribution in [0.2, 0.25) is 0 Å². The van der Waals surface area contributed by atoms with E-state index in [2.05, 4.69) is 0 Å². The minimum atomic E-state index is -0.369. The quantitative estimate of drug-likeness (QED) is 0.719. The fourth-order valence-electron chi connectivity index (χ4n) is 3.14. The first-order valence-electron chi connectivity index (χ1n) is 8.41. The molecule has 0 aliphatic carbocycles. The molecule has 2 heterocycles. The van der Waals surface area contributed by atoms with Crippen LogP contribution < -0.4 is 10.5 Å². The van der Waals surface area contributed by atoms with Gasteiger partial charge in [-0.2, -0.15) is 0 Å². The summed E-state index contributed by atoms with van der Waals surface area (Å²) in [4.78, 5) is 18.4. The number of nitrogens with zero attached hydrogens (tertiary/aromatic N) is 1. The lowest BCUT2D eigenvalue weighted by atomic mass is 10.1. The van der Waals surface area contributed by atoms with Crippen molar-refractivity contribution in [2.45, 2.75) is 25.7 Å². The van der Waals surface area contributed by atoms with Gasteiger partial charge in [-0.05, 0) is 31.2 Å². The van der Waals surface area contributed by atoms with Crippen LogP contribution >= 0.6 is 0 Å². The highest BCUT2D eigenvalue weighted by atomic mass is 16.8. The summed E-state index contributed by atoms with van der Waals surface area (Å²) in [7, 11) is 0. The maximum Gasteiger partial charge on any atom is 0.193 e. The standard InChI is InChI=1S/C20H19NO4/c1-2-23-20-12-16(21(25-20)14-8-4-3-5-9-14)19-13-17(22)15-10-6-7-11-18(15)24-19/h3-11,13,16,20H,2,12H2,1H3/t16-,20+/m0/s1. The van der Waals surface area contributed by atoms with Crippen molar-refractivity contribution in [2.24, 2.45) is 0 Å². The van der Waals surface area contributed by atoms with Gasteiger partial charge in [-0.25, -0.2) is 9.90 Å². The van der Waals surface area contributed by atoms with Gasteiger partial charge in [0, 0.05) is 19.1 Å². The van der Waals surface area contributed by atoms with E-state index in [0.29, 0.717) is 29.8 Å². The molecular weight excluding hydrogens is 318 g/mol. The fraction of sp³-hybridized carbons (Fsp3) is 0.250. The number of hydrogen-bond acceptors (Lipinski definition) is 5. The first kappa shape index (κ1) is 15.9. The van der Waals surface area contributed by atoms with Crippen molar-refractivity contribution in [1.82, 2.24) is 0 Å². The minimum Gasteiger partial charge on any atom is -0.458 e. The van der Waals surface area contributed by atoms with E-state index in [0.717, 1.165) is 5.69 Å². The van der Waals surface area contributed by atoms with Crippen LogP contribution in [0.5, 0.6) is 0 Å².